The van der Waals surface area contributed by atoms with Crippen LogP contribution in [0, 0.1) is 12.8 Å². The van der Waals surface area contributed by atoms with Gasteiger partial charge in [-0.3, -0.25) is 4.79 Å². The van der Waals surface area contributed by atoms with E-state index >= 15 is 0 Å². The van der Waals surface area contributed by atoms with E-state index in [-0.39, 0.29) is 13.3 Å². The first-order valence-electron chi connectivity index (χ1n) is 9.94. The quantitative estimate of drug-likeness (QED) is 0.480. The van der Waals surface area contributed by atoms with Gasteiger partial charge in [0, 0.05) is 24.7 Å². The molecular weight excluding hydrogens is 396 g/mol. The van der Waals surface area contributed by atoms with Crippen LogP contribution >= 0.6 is 11.5 Å². The highest BCUT2D eigenvalue weighted by Gasteiger charge is 2.19. The van der Waals surface area contributed by atoms with E-state index in [1.54, 1.807) is 6.20 Å². The maximum atomic E-state index is 12.8. The molecule has 4 rings (SSSR count). The zero-order chi connectivity index (χ0) is 20.2. The minimum absolute atomic E-state index is 0. The van der Waals surface area contributed by atoms with Crippen LogP contribution < -0.4 is 21.7 Å². The van der Waals surface area contributed by atoms with Crippen molar-refractivity contribution in [1.82, 2.24) is 20.0 Å². The van der Waals surface area contributed by atoms with Gasteiger partial charge in [-0.15, -0.1) is 0 Å². The number of carbonyl (C=O) groups excluding carboxylic acids is 1. The monoisotopic (exact) mass is 426 g/mol. The first-order valence-corrected chi connectivity index (χ1v) is 10.7. The molecule has 1 amide bonds. The van der Waals surface area contributed by atoms with Crippen molar-refractivity contribution in [3.05, 3.63) is 46.6 Å². The van der Waals surface area contributed by atoms with Crippen molar-refractivity contribution in [3.63, 3.8) is 0 Å². The van der Waals surface area contributed by atoms with Crippen LogP contribution in [0.2, 0.25) is 0 Å². The lowest BCUT2D eigenvalue weighted by Crippen LogP contribution is -2.31. The number of aryl methyl sites for hydroxylation is 1. The summed E-state index contributed by atoms with van der Waals surface area (Å²) in [5.74, 6) is 1.05. The van der Waals surface area contributed by atoms with E-state index in [1.165, 1.54) is 11.5 Å². The van der Waals surface area contributed by atoms with Crippen LogP contribution in [-0.4, -0.2) is 34.9 Å². The summed E-state index contributed by atoms with van der Waals surface area (Å²) in [4.78, 5) is 17.6. The van der Waals surface area contributed by atoms with Crippen molar-refractivity contribution in [2.45, 2.75) is 33.7 Å². The minimum atomic E-state index is -0.0993. The van der Waals surface area contributed by atoms with Gasteiger partial charge in [0.25, 0.3) is 5.91 Å². The molecule has 3 aromatic rings. The maximum Gasteiger partial charge on any atom is 0.265 e. The smallest absolute Gasteiger partial charge is 0.265 e. The second-order valence-corrected chi connectivity index (χ2v) is 8.25. The number of aromatic nitrogens is 2. The highest BCUT2D eigenvalue weighted by atomic mass is 32.1. The fourth-order valence-electron chi connectivity index (χ4n) is 3.69. The summed E-state index contributed by atoms with van der Waals surface area (Å²) in [6, 6.07) is 7.87. The van der Waals surface area contributed by atoms with Gasteiger partial charge in [0.05, 0.1) is 11.4 Å². The number of pyridine rings is 1. The molecule has 7 nitrogen and oxygen atoms in total. The molecule has 0 aliphatic carbocycles. The molecule has 160 valence electrons. The Morgan fingerprint density at radius 1 is 1.30 bits per heavy atom. The molecule has 1 aromatic carbocycles. The number of benzene rings is 1. The number of amides is 1. The second-order valence-electron chi connectivity index (χ2n) is 7.48. The van der Waals surface area contributed by atoms with Gasteiger partial charge < -0.3 is 21.7 Å². The van der Waals surface area contributed by atoms with Crippen LogP contribution in [-0.2, 0) is 6.54 Å². The number of anilines is 2. The maximum absolute atomic E-state index is 12.8. The number of nitrogens with zero attached hydrogens (tertiary/aromatic N) is 2. The van der Waals surface area contributed by atoms with E-state index in [1.807, 2.05) is 31.2 Å². The van der Waals surface area contributed by atoms with Gasteiger partial charge in [-0.05, 0) is 73.4 Å². The molecule has 30 heavy (non-hydrogen) atoms. The third-order valence-electron chi connectivity index (χ3n) is 5.41. The molecule has 3 heterocycles. The largest absolute Gasteiger partial charge is 0.383 e. The molecule has 1 aliphatic rings. The topological polar surface area (TPSA) is 105 Å². The Bertz CT molecular complexity index is 1010. The van der Waals surface area contributed by atoms with Gasteiger partial charge in [-0.1, -0.05) is 19.6 Å². The lowest BCUT2D eigenvalue weighted by molar-refractivity contribution is 0.0955. The Hall–Kier alpha value is -2.71. The molecule has 2 aromatic heterocycles. The third-order valence-corrected chi connectivity index (χ3v) is 6.35. The zero-order valence-corrected chi connectivity index (χ0v) is 17.3. The van der Waals surface area contributed by atoms with Crippen LogP contribution in [0.15, 0.2) is 30.5 Å². The van der Waals surface area contributed by atoms with E-state index in [4.69, 9.17) is 5.73 Å². The average molecular weight is 427 g/mol. The molecule has 8 heteroatoms. The van der Waals surface area contributed by atoms with E-state index in [2.05, 4.69) is 25.3 Å². The molecule has 1 saturated heterocycles. The van der Waals surface area contributed by atoms with Gasteiger partial charge in [0.1, 0.15) is 10.7 Å². The van der Waals surface area contributed by atoms with Crippen LogP contribution in [0.3, 0.4) is 0 Å². The Labute approximate surface area is 181 Å². The molecule has 1 fully saturated rings. The van der Waals surface area contributed by atoms with Gasteiger partial charge in [0.2, 0.25) is 0 Å². The number of hydrogen-bond donors (Lipinski definition) is 4. The molecule has 5 N–H and O–H groups in total. The molecule has 0 bridgehead atoms. The fraction of sp³-hybridized carbons (Fsp3) is 0.409. The first-order chi connectivity index (χ1) is 14.1. The highest BCUT2D eigenvalue weighted by Crippen LogP contribution is 2.26. The van der Waals surface area contributed by atoms with E-state index in [0.717, 1.165) is 60.2 Å². The fourth-order valence-corrected chi connectivity index (χ4v) is 4.47. The molecular formula is C22H30N6OS. The highest BCUT2D eigenvalue weighted by molar-refractivity contribution is 7.08. The Morgan fingerprint density at radius 2 is 2.10 bits per heavy atom. The van der Waals surface area contributed by atoms with Crippen molar-refractivity contribution < 1.29 is 4.79 Å². The van der Waals surface area contributed by atoms with Crippen LogP contribution in [0.5, 0.6) is 0 Å². The second kappa shape index (κ2) is 9.86. The number of nitrogens with one attached hydrogen (secondary N) is 3. The SMILES string of the molecule is C.Cc1nsc(C(=O)NCc2ccc3c(N)nccc3c2)c1NCC1CCNCC1. The number of rotatable bonds is 6. The van der Waals surface area contributed by atoms with Crippen LogP contribution in [0.1, 0.15) is 41.2 Å². The number of nitrogens with two attached hydrogens (primary N) is 1. The van der Waals surface area contributed by atoms with Crippen molar-refractivity contribution >= 4 is 39.7 Å². The summed E-state index contributed by atoms with van der Waals surface area (Å²) in [6.45, 7) is 5.39. The van der Waals surface area contributed by atoms with Gasteiger partial charge in [-0.25, -0.2) is 4.98 Å². The molecule has 1 aliphatic heterocycles. The molecule has 0 unspecified atom stereocenters. The summed E-state index contributed by atoms with van der Waals surface area (Å²) in [7, 11) is 0. The summed E-state index contributed by atoms with van der Waals surface area (Å²) in [6.07, 6.45) is 4.01. The number of fused-ring (bicyclic) bond motifs is 1. The number of nitrogen functional groups attached to an aromatic ring is 1. The number of carbonyl (C=O) groups is 1. The predicted octanol–water partition coefficient (Wildman–Crippen LogP) is 3.56. The third kappa shape index (κ3) is 4.88. The summed E-state index contributed by atoms with van der Waals surface area (Å²) in [5, 5.41) is 11.8. The van der Waals surface area contributed by atoms with Crippen LogP contribution in [0.25, 0.3) is 10.8 Å². The van der Waals surface area contributed by atoms with Gasteiger partial charge in [0.15, 0.2) is 0 Å². The minimum Gasteiger partial charge on any atom is -0.383 e. The Balaban J connectivity index is 0.00000256. The van der Waals surface area contributed by atoms with E-state index < -0.39 is 0 Å². The standard InChI is InChI=1S/C21H26N6OS.CH4/c1-13-18(25-11-14-4-7-23-8-5-14)19(29-27-13)21(28)26-12-15-2-3-17-16(10-15)6-9-24-20(17)22;/h2-3,6,9-10,14,23,25H,4-5,7-8,11-12H2,1H3,(H2,22,24)(H,26,28);1H4. The van der Waals surface area contributed by atoms with Crippen molar-refractivity contribution in [2.75, 3.05) is 30.7 Å². The van der Waals surface area contributed by atoms with E-state index in [9.17, 15) is 4.79 Å². The van der Waals surface area contributed by atoms with Crippen LogP contribution in [0.4, 0.5) is 11.5 Å². The van der Waals surface area contributed by atoms with E-state index in [0.29, 0.717) is 23.2 Å². The zero-order valence-electron chi connectivity index (χ0n) is 16.5. The normalized spacial score (nSPS) is 14.3. The Morgan fingerprint density at radius 3 is 2.90 bits per heavy atom. The average Bonchev–Trinajstić information content (AvgIpc) is 3.12. The predicted molar refractivity (Wildman–Crippen MR) is 125 cm³/mol. The number of hydrogen-bond acceptors (Lipinski definition) is 7. The summed E-state index contributed by atoms with van der Waals surface area (Å²) in [5.41, 5.74) is 8.67. The van der Waals surface area contributed by atoms with Gasteiger partial charge >= 0.3 is 0 Å². The van der Waals surface area contributed by atoms with Crippen molar-refractivity contribution in [1.29, 1.82) is 0 Å². The van der Waals surface area contributed by atoms with Gasteiger partial charge in [-0.2, -0.15) is 4.37 Å². The number of piperidine rings is 1. The summed E-state index contributed by atoms with van der Waals surface area (Å²) < 4.78 is 4.39. The van der Waals surface area contributed by atoms with Crippen molar-refractivity contribution in [3.8, 4) is 0 Å². The Kier molecular flexibility index (Phi) is 7.23. The molecule has 0 radical (unpaired) electrons. The van der Waals surface area contributed by atoms with Crippen molar-refractivity contribution in [2.24, 2.45) is 5.92 Å². The first kappa shape index (κ1) is 22.0. The molecule has 0 saturated carbocycles. The molecule has 0 atom stereocenters. The lowest BCUT2D eigenvalue weighted by atomic mass is 9.98. The molecule has 0 spiro atoms. The lowest BCUT2D eigenvalue weighted by Gasteiger charge is -2.23. The summed E-state index contributed by atoms with van der Waals surface area (Å²) >= 11 is 1.25.